The summed E-state index contributed by atoms with van der Waals surface area (Å²) in [6.07, 6.45) is 2.87. The zero-order valence-electron chi connectivity index (χ0n) is 15.7. The molecule has 1 saturated heterocycles. The molecule has 1 N–H and O–H groups in total. The predicted molar refractivity (Wildman–Crippen MR) is 99.1 cm³/mol. The molecular weight excluding hydrogens is 330 g/mol. The van der Waals surface area contributed by atoms with Gasteiger partial charge in [-0.3, -0.25) is 4.79 Å². The van der Waals surface area contributed by atoms with Gasteiger partial charge >= 0.3 is 0 Å². The first kappa shape index (κ1) is 18.4. The number of hydrogen-bond acceptors (Lipinski definition) is 6. The van der Waals surface area contributed by atoms with Gasteiger partial charge < -0.3 is 14.6 Å². The summed E-state index contributed by atoms with van der Waals surface area (Å²) in [6, 6.07) is 6.19. The van der Waals surface area contributed by atoms with E-state index < -0.39 is 0 Å². The van der Waals surface area contributed by atoms with Crippen LogP contribution in [-0.4, -0.2) is 40.2 Å². The molecule has 0 aromatic carbocycles. The Kier molecular flexibility index (Phi) is 5.85. The standard InChI is InChI=1S/C19H27N5O2/c1-13(2)19-23-22-18(26-19)10-9-17(25)21-15-7-5-11-24(12-15)16-8-4-6-14(3)20-16/h4,6,8,13,15H,5,7,9-12H2,1-3H3,(H,21,25)/t15-/m1/s1. The number of rotatable bonds is 6. The fourth-order valence-corrected chi connectivity index (χ4v) is 3.13. The molecule has 2 aromatic heterocycles. The van der Waals surface area contributed by atoms with Crippen LogP contribution in [-0.2, 0) is 11.2 Å². The topological polar surface area (TPSA) is 84.2 Å². The molecule has 1 aliphatic rings. The summed E-state index contributed by atoms with van der Waals surface area (Å²) in [5, 5.41) is 11.1. The Hall–Kier alpha value is -2.44. The van der Waals surface area contributed by atoms with Crippen molar-refractivity contribution in [1.29, 1.82) is 0 Å². The SMILES string of the molecule is Cc1cccc(N2CCC[C@@H](NC(=O)CCc3nnc(C(C)C)o3)C2)n1. The lowest BCUT2D eigenvalue weighted by molar-refractivity contribution is -0.121. The third-order valence-corrected chi connectivity index (χ3v) is 4.53. The average molecular weight is 357 g/mol. The van der Waals surface area contributed by atoms with Crippen LogP contribution in [0.1, 0.15) is 56.5 Å². The summed E-state index contributed by atoms with van der Waals surface area (Å²) in [5.74, 6) is 2.36. The summed E-state index contributed by atoms with van der Waals surface area (Å²) >= 11 is 0. The van der Waals surface area contributed by atoms with E-state index in [2.05, 4.69) is 25.4 Å². The highest BCUT2D eigenvalue weighted by Gasteiger charge is 2.22. The molecule has 7 heteroatoms. The fourth-order valence-electron chi connectivity index (χ4n) is 3.13. The number of nitrogens with zero attached hydrogens (tertiary/aromatic N) is 4. The number of anilines is 1. The van der Waals surface area contributed by atoms with Crippen LogP contribution in [0.4, 0.5) is 5.82 Å². The Morgan fingerprint density at radius 2 is 2.23 bits per heavy atom. The van der Waals surface area contributed by atoms with E-state index in [0.29, 0.717) is 24.6 Å². The van der Waals surface area contributed by atoms with E-state index in [4.69, 9.17) is 4.42 Å². The van der Waals surface area contributed by atoms with Crippen molar-refractivity contribution in [2.75, 3.05) is 18.0 Å². The van der Waals surface area contributed by atoms with Crippen LogP contribution in [0.2, 0.25) is 0 Å². The molecule has 1 fully saturated rings. The molecule has 3 heterocycles. The van der Waals surface area contributed by atoms with Crippen LogP contribution in [0.15, 0.2) is 22.6 Å². The first-order valence-electron chi connectivity index (χ1n) is 9.31. The molecule has 0 aliphatic carbocycles. The van der Waals surface area contributed by atoms with Crippen molar-refractivity contribution in [1.82, 2.24) is 20.5 Å². The van der Waals surface area contributed by atoms with E-state index in [-0.39, 0.29) is 17.9 Å². The van der Waals surface area contributed by atoms with Crippen LogP contribution in [0.25, 0.3) is 0 Å². The third-order valence-electron chi connectivity index (χ3n) is 4.53. The van der Waals surface area contributed by atoms with Crippen LogP contribution >= 0.6 is 0 Å². The normalized spacial score (nSPS) is 17.5. The Morgan fingerprint density at radius 3 is 2.96 bits per heavy atom. The number of piperidine rings is 1. The van der Waals surface area contributed by atoms with Crippen LogP contribution in [0, 0.1) is 6.92 Å². The summed E-state index contributed by atoms with van der Waals surface area (Å²) in [7, 11) is 0. The van der Waals surface area contributed by atoms with Crippen molar-refractivity contribution in [3.8, 4) is 0 Å². The third kappa shape index (κ3) is 4.80. The van der Waals surface area contributed by atoms with Gasteiger partial charge in [0.25, 0.3) is 0 Å². The highest BCUT2D eigenvalue weighted by Crippen LogP contribution is 2.18. The Morgan fingerprint density at radius 1 is 1.38 bits per heavy atom. The van der Waals surface area contributed by atoms with Crippen LogP contribution < -0.4 is 10.2 Å². The van der Waals surface area contributed by atoms with Crippen molar-refractivity contribution in [2.24, 2.45) is 0 Å². The van der Waals surface area contributed by atoms with Crippen molar-refractivity contribution >= 4 is 11.7 Å². The van der Waals surface area contributed by atoms with Crippen LogP contribution in [0.3, 0.4) is 0 Å². The smallest absolute Gasteiger partial charge is 0.220 e. The Bertz CT molecular complexity index is 743. The maximum Gasteiger partial charge on any atom is 0.220 e. The van der Waals surface area contributed by atoms with Gasteiger partial charge in [-0.25, -0.2) is 4.98 Å². The van der Waals surface area contributed by atoms with Gasteiger partial charge in [0.1, 0.15) is 5.82 Å². The van der Waals surface area contributed by atoms with Crippen LogP contribution in [0.5, 0.6) is 0 Å². The van der Waals surface area contributed by atoms with E-state index in [0.717, 1.165) is 37.4 Å². The molecule has 0 bridgehead atoms. The fraction of sp³-hybridized carbons (Fsp3) is 0.579. The number of amides is 1. The van der Waals surface area contributed by atoms with E-state index in [1.165, 1.54) is 0 Å². The number of hydrogen-bond donors (Lipinski definition) is 1. The Labute approximate surface area is 154 Å². The molecule has 3 rings (SSSR count). The second kappa shape index (κ2) is 8.29. The van der Waals surface area contributed by atoms with Crippen molar-refractivity contribution in [3.05, 3.63) is 35.7 Å². The minimum atomic E-state index is 0.0262. The minimum absolute atomic E-state index is 0.0262. The molecule has 140 valence electrons. The van der Waals surface area contributed by atoms with E-state index >= 15 is 0 Å². The number of aryl methyl sites for hydroxylation is 2. The van der Waals surface area contributed by atoms with Gasteiger partial charge in [-0.2, -0.15) is 0 Å². The number of carbonyl (C=O) groups excluding carboxylic acids is 1. The summed E-state index contributed by atoms with van der Waals surface area (Å²) < 4.78 is 5.55. The first-order chi connectivity index (χ1) is 12.5. The largest absolute Gasteiger partial charge is 0.425 e. The molecular formula is C19H27N5O2. The average Bonchev–Trinajstić information content (AvgIpc) is 3.10. The van der Waals surface area contributed by atoms with Gasteiger partial charge in [0.05, 0.1) is 0 Å². The summed E-state index contributed by atoms with van der Waals surface area (Å²) in [4.78, 5) is 19.1. The molecule has 7 nitrogen and oxygen atoms in total. The molecule has 1 aliphatic heterocycles. The molecule has 1 amide bonds. The molecule has 0 spiro atoms. The van der Waals surface area contributed by atoms with Gasteiger partial charge in [-0.1, -0.05) is 19.9 Å². The van der Waals surface area contributed by atoms with Gasteiger partial charge in [0.15, 0.2) is 0 Å². The lowest BCUT2D eigenvalue weighted by Gasteiger charge is -2.34. The lowest BCUT2D eigenvalue weighted by Crippen LogP contribution is -2.48. The maximum atomic E-state index is 12.3. The van der Waals surface area contributed by atoms with E-state index in [9.17, 15) is 4.79 Å². The van der Waals surface area contributed by atoms with E-state index in [1.54, 1.807) is 0 Å². The van der Waals surface area contributed by atoms with Gasteiger partial charge in [0, 0.05) is 43.6 Å². The highest BCUT2D eigenvalue weighted by atomic mass is 16.4. The Balaban J connectivity index is 1.49. The molecule has 2 aromatic rings. The summed E-state index contributed by atoms with van der Waals surface area (Å²) in [6.45, 7) is 7.77. The number of carbonyl (C=O) groups is 1. The van der Waals surface area contributed by atoms with Crippen molar-refractivity contribution in [3.63, 3.8) is 0 Å². The first-order valence-corrected chi connectivity index (χ1v) is 9.31. The number of pyridine rings is 1. The second-order valence-corrected chi connectivity index (χ2v) is 7.18. The van der Waals surface area contributed by atoms with Gasteiger partial charge in [-0.05, 0) is 31.9 Å². The lowest BCUT2D eigenvalue weighted by atomic mass is 10.1. The predicted octanol–water partition coefficient (Wildman–Crippen LogP) is 2.61. The number of aromatic nitrogens is 3. The molecule has 26 heavy (non-hydrogen) atoms. The van der Waals surface area contributed by atoms with E-state index in [1.807, 2.05) is 39.0 Å². The monoisotopic (exact) mass is 357 g/mol. The van der Waals surface area contributed by atoms with Crippen molar-refractivity contribution in [2.45, 2.75) is 58.4 Å². The van der Waals surface area contributed by atoms with Gasteiger partial charge in [0.2, 0.25) is 17.7 Å². The maximum absolute atomic E-state index is 12.3. The number of nitrogens with one attached hydrogen (secondary N) is 1. The zero-order chi connectivity index (χ0) is 18.5. The van der Waals surface area contributed by atoms with Gasteiger partial charge in [-0.15, -0.1) is 10.2 Å². The highest BCUT2D eigenvalue weighted by molar-refractivity contribution is 5.76. The molecule has 1 atom stereocenters. The molecule has 0 unspecified atom stereocenters. The molecule has 0 saturated carbocycles. The minimum Gasteiger partial charge on any atom is -0.425 e. The summed E-state index contributed by atoms with van der Waals surface area (Å²) in [5.41, 5.74) is 1.01. The zero-order valence-corrected chi connectivity index (χ0v) is 15.7. The quantitative estimate of drug-likeness (QED) is 0.855. The van der Waals surface area contributed by atoms with Crippen molar-refractivity contribution < 1.29 is 9.21 Å². The molecule has 0 radical (unpaired) electrons. The second-order valence-electron chi connectivity index (χ2n) is 7.18.